The second kappa shape index (κ2) is 6.31. The highest BCUT2D eigenvalue weighted by molar-refractivity contribution is 7.80. The summed E-state index contributed by atoms with van der Waals surface area (Å²) in [7, 11) is 3.06. The van der Waals surface area contributed by atoms with E-state index in [0.717, 1.165) is 0 Å². The van der Waals surface area contributed by atoms with Crippen LogP contribution in [0.1, 0.15) is 10.5 Å². The van der Waals surface area contributed by atoms with Gasteiger partial charge in [-0.25, -0.2) is 9.37 Å². The van der Waals surface area contributed by atoms with Gasteiger partial charge >= 0.3 is 0 Å². The van der Waals surface area contributed by atoms with Gasteiger partial charge in [0.25, 0.3) is 5.91 Å². The molecule has 0 saturated heterocycles. The molecule has 1 aromatic carbocycles. The van der Waals surface area contributed by atoms with Gasteiger partial charge < -0.3 is 10.1 Å². The number of carbonyl (C=O) groups is 1. The van der Waals surface area contributed by atoms with Crippen LogP contribution in [0.3, 0.4) is 0 Å². The number of hydrogen-bond donors (Lipinski definition) is 3. The molecule has 0 aliphatic carbocycles. The molecular weight excluding hydrogens is 295 g/mol. The lowest BCUT2D eigenvalue weighted by Crippen LogP contribution is -2.45. The lowest BCUT2D eigenvalue weighted by atomic mass is 10.1. The number of rotatable bonds is 2. The van der Waals surface area contributed by atoms with Crippen molar-refractivity contribution in [1.29, 1.82) is 0 Å². The van der Waals surface area contributed by atoms with Gasteiger partial charge in [0.15, 0.2) is 5.11 Å². The first kappa shape index (κ1) is 14.9. The zero-order chi connectivity index (χ0) is 15.4. The molecule has 0 aliphatic heterocycles. The van der Waals surface area contributed by atoms with Crippen molar-refractivity contribution in [3.05, 3.63) is 35.8 Å². The largest absolute Gasteiger partial charge is 0.496 e. The van der Waals surface area contributed by atoms with Crippen LogP contribution in [0.15, 0.2) is 24.3 Å². The van der Waals surface area contributed by atoms with E-state index in [9.17, 15) is 9.18 Å². The number of carbonyl (C=O) groups excluding carboxylic acids is 1. The molecule has 0 saturated carbocycles. The first-order chi connectivity index (χ1) is 10.0. The number of nitrogens with zero attached hydrogens (tertiary/aromatic N) is 1. The Labute approximate surface area is 125 Å². The molecular formula is C13H13FN4O2S. The second-order valence-corrected chi connectivity index (χ2v) is 4.44. The van der Waals surface area contributed by atoms with E-state index in [1.165, 1.54) is 31.4 Å². The van der Waals surface area contributed by atoms with Crippen molar-refractivity contribution in [2.75, 3.05) is 14.2 Å². The fourth-order valence-corrected chi connectivity index (χ4v) is 1.74. The maximum absolute atomic E-state index is 13.3. The summed E-state index contributed by atoms with van der Waals surface area (Å²) in [5, 5.41) is 3.40. The summed E-state index contributed by atoms with van der Waals surface area (Å²) in [6.07, 6.45) is 0. The van der Waals surface area contributed by atoms with Crippen molar-refractivity contribution in [1.82, 2.24) is 21.2 Å². The predicted octanol–water partition coefficient (Wildman–Crippen LogP) is 1.12. The van der Waals surface area contributed by atoms with Crippen LogP contribution in [-0.4, -0.2) is 30.2 Å². The lowest BCUT2D eigenvalue weighted by Gasteiger charge is -2.10. The maximum atomic E-state index is 13.3. The third kappa shape index (κ3) is 3.34. The van der Waals surface area contributed by atoms with E-state index >= 15 is 0 Å². The summed E-state index contributed by atoms with van der Waals surface area (Å²) in [6, 6.07) is 5.49. The van der Waals surface area contributed by atoms with E-state index < -0.39 is 11.7 Å². The topological polar surface area (TPSA) is 75.3 Å². The number of methoxy groups -OCH3 is 1. The van der Waals surface area contributed by atoms with E-state index in [-0.39, 0.29) is 10.8 Å². The number of thiocarbonyl (C=S) groups is 1. The Morgan fingerprint density at radius 1 is 1.33 bits per heavy atom. The molecule has 0 fully saturated rings. The predicted molar refractivity (Wildman–Crippen MR) is 80.5 cm³/mol. The van der Waals surface area contributed by atoms with Crippen LogP contribution in [0.25, 0.3) is 10.9 Å². The summed E-state index contributed by atoms with van der Waals surface area (Å²) in [5.41, 5.74) is 5.48. The van der Waals surface area contributed by atoms with E-state index in [2.05, 4.69) is 21.2 Å². The van der Waals surface area contributed by atoms with Gasteiger partial charge in [0.05, 0.1) is 12.6 Å². The first-order valence-corrected chi connectivity index (χ1v) is 6.38. The molecule has 0 spiro atoms. The standard InChI is InChI=1S/C13H13FN4O2S/c1-15-13(21)18-17-12(19)10-6-11(20-2)8-5-7(14)3-4-9(8)16-10/h3-6H,1-2H3,(H,17,19)(H2,15,18,21). The van der Waals surface area contributed by atoms with Crippen molar-refractivity contribution in [2.45, 2.75) is 0 Å². The minimum absolute atomic E-state index is 0.123. The smallest absolute Gasteiger partial charge is 0.288 e. The normalized spacial score (nSPS) is 10.0. The van der Waals surface area contributed by atoms with Crippen LogP contribution in [0.5, 0.6) is 5.75 Å². The van der Waals surface area contributed by atoms with E-state index in [1.807, 2.05) is 0 Å². The Bertz CT molecular complexity index is 708. The lowest BCUT2D eigenvalue weighted by molar-refractivity contribution is 0.0938. The highest BCUT2D eigenvalue weighted by atomic mass is 32.1. The molecule has 21 heavy (non-hydrogen) atoms. The molecule has 2 aromatic rings. The number of nitrogens with one attached hydrogen (secondary N) is 3. The molecule has 2 rings (SSSR count). The molecule has 0 radical (unpaired) electrons. The van der Waals surface area contributed by atoms with Gasteiger partial charge in [0.2, 0.25) is 0 Å². The zero-order valence-electron chi connectivity index (χ0n) is 11.4. The number of amides is 1. The van der Waals surface area contributed by atoms with Gasteiger partial charge in [0.1, 0.15) is 17.3 Å². The summed E-state index contributed by atoms with van der Waals surface area (Å²) < 4.78 is 18.4. The number of ether oxygens (including phenoxy) is 1. The first-order valence-electron chi connectivity index (χ1n) is 5.97. The molecule has 8 heteroatoms. The fourth-order valence-electron chi connectivity index (χ4n) is 1.69. The van der Waals surface area contributed by atoms with Gasteiger partial charge in [0, 0.05) is 18.5 Å². The molecule has 6 nitrogen and oxygen atoms in total. The van der Waals surface area contributed by atoms with Crippen LogP contribution in [-0.2, 0) is 0 Å². The van der Waals surface area contributed by atoms with Gasteiger partial charge in [-0.3, -0.25) is 15.6 Å². The van der Waals surface area contributed by atoms with E-state index in [4.69, 9.17) is 17.0 Å². The van der Waals surface area contributed by atoms with Gasteiger partial charge in [-0.2, -0.15) is 0 Å². The Morgan fingerprint density at radius 2 is 2.10 bits per heavy atom. The van der Waals surface area contributed by atoms with Gasteiger partial charge in [-0.1, -0.05) is 0 Å². The SMILES string of the molecule is CNC(=S)NNC(=O)c1cc(OC)c2cc(F)ccc2n1. The molecule has 1 aromatic heterocycles. The highest BCUT2D eigenvalue weighted by Crippen LogP contribution is 2.25. The fraction of sp³-hybridized carbons (Fsp3) is 0.154. The molecule has 0 atom stereocenters. The number of halogens is 1. The van der Waals surface area contributed by atoms with E-state index in [1.54, 1.807) is 7.05 Å². The van der Waals surface area contributed by atoms with Crippen LogP contribution in [0.4, 0.5) is 4.39 Å². The molecule has 3 N–H and O–H groups in total. The monoisotopic (exact) mass is 308 g/mol. The van der Waals surface area contributed by atoms with Crippen molar-refractivity contribution < 1.29 is 13.9 Å². The average molecular weight is 308 g/mol. The zero-order valence-corrected chi connectivity index (χ0v) is 12.2. The molecule has 0 aliphatic rings. The van der Waals surface area contributed by atoms with Gasteiger partial charge in [-0.05, 0) is 30.4 Å². The number of hydrogen-bond acceptors (Lipinski definition) is 4. The molecule has 1 amide bonds. The van der Waals surface area contributed by atoms with Crippen LogP contribution < -0.4 is 20.9 Å². The van der Waals surface area contributed by atoms with Gasteiger partial charge in [-0.15, -0.1) is 0 Å². The van der Waals surface area contributed by atoms with Crippen LogP contribution in [0.2, 0.25) is 0 Å². The number of fused-ring (bicyclic) bond motifs is 1. The Morgan fingerprint density at radius 3 is 2.76 bits per heavy atom. The van der Waals surface area contributed by atoms with Crippen LogP contribution >= 0.6 is 12.2 Å². The summed E-state index contributed by atoms with van der Waals surface area (Å²) in [4.78, 5) is 16.2. The summed E-state index contributed by atoms with van der Waals surface area (Å²) in [5.74, 6) is -0.529. The third-order valence-electron chi connectivity index (χ3n) is 2.70. The Kier molecular flexibility index (Phi) is 4.49. The highest BCUT2D eigenvalue weighted by Gasteiger charge is 2.13. The Hall–Kier alpha value is -2.48. The van der Waals surface area contributed by atoms with Crippen molar-refractivity contribution in [3.63, 3.8) is 0 Å². The van der Waals surface area contributed by atoms with Crippen molar-refractivity contribution >= 4 is 34.1 Å². The average Bonchev–Trinajstić information content (AvgIpc) is 2.51. The minimum Gasteiger partial charge on any atom is -0.496 e. The number of pyridine rings is 1. The van der Waals surface area contributed by atoms with Crippen molar-refractivity contribution in [3.8, 4) is 5.75 Å². The van der Waals surface area contributed by atoms with E-state index in [0.29, 0.717) is 16.7 Å². The number of benzene rings is 1. The minimum atomic E-state index is -0.489. The number of hydrazine groups is 1. The summed E-state index contributed by atoms with van der Waals surface area (Å²) in [6.45, 7) is 0. The van der Waals surface area contributed by atoms with Crippen LogP contribution in [0, 0.1) is 5.82 Å². The molecule has 1 heterocycles. The second-order valence-electron chi connectivity index (χ2n) is 4.03. The Balaban J connectivity index is 2.34. The maximum Gasteiger partial charge on any atom is 0.288 e. The summed E-state index contributed by atoms with van der Waals surface area (Å²) >= 11 is 4.84. The van der Waals surface area contributed by atoms with Crippen molar-refractivity contribution in [2.24, 2.45) is 0 Å². The molecule has 0 bridgehead atoms. The molecule has 0 unspecified atom stereocenters. The quantitative estimate of drug-likeness (QED) is 0.570. The third-order valence-corrected chi connectivity index (χ3v) is 3.01. The molecule has 110 valence electrons. The number of aromatic nitrogens is 1.